The topological polar surface area (TPSA) is 0 Å². The van der Waals surface area contributed by atoms with Gasteiger partial charge in [-0.2, -0.15) is 0 Å². The fourth-order valence-corrected chi connectivity index (χ4v) is 1.42. The summed E-state index contributed by atoms with van der Waals surface area (Å²) in [5.41, 5.74) is 4.17. The third-order valence-electron chi connectivity index (χ3n) is 2.09. The van der Waals surface area contributed by atoms with E-state index in [0.717, 1.165) is 6.42 Å². The van der Waals surface area contributed by atoms with E-state index in [1.54, 1.807) is 0 Å². The molecule has 0 nitrogen and oxygen atoms in total. The Morgan fingerprint density at radius 1 is 1.14 bits per heavy atom. The van der Waals surface area contributed by atoms with Gasteiger partial charge in [0.15, 0.2) is 0 Å². The molecular weight excluding hydrogens is 349 g/mol. The summed E-state index contributed by atoms with van der Waals surface area (Å²) in [6, 6.07) is 8.49. The summed E-state index contributed by atoms with van der Waals surface area (Å²) in [6.07, 6.45) is 5.65. The molecule has 73 valence electrons. The minimum atomic E-state index is -2.92. The third kappa shape index (κ3) is 3.12. The van der Waals surface area contributed by atoms with Crippen molar-refractivity contribution >= 4 is 6.08 Å². The molecule has 0 unspecified atom stereocenters. The molecule has 0 saturated heterocycles. The molecule has 1 aromatic rings. The second kappa shape index (κ2) is 6.23. The number of hydrogen-bond acceptors (Lipinski definition) is 0. The molecule has 0 atom stereocenters. The van der Waals surface area contributed by atoms with Crippen molar-refractivity contribution in [2.45, 2.75) is 13.3 Å². The Kier molecular flexibility index (Phi) is 5.23. The SMILES string of the molecule is CCC1=Cc2ccccc2[CH]1.[F][Hf][F]. The Morgan fingerprint density at radius 3 is 2.21 bits per heavy atom. The summed E-state index contributed by atoms with van der Waals surface area (Å²) in [5.74, 6) is 0. The van der Waals surface area contributed by atoms with Gasteiger partial charge in [0, 0.05) is 6.42 Å². The van der Waals surface area contributed by atoms with Gasteiger partial charge in [-0.3, -0.25) is 0 Å². The molecule has 0 heterocycles. The van der Waals surface area contributed by atoms with Crippen molar-refractivity contribution in [3.63, 3.8) is 0 Å². The Balaban J connectivity index is 0.000000293. The summed E-state index contributed by atoms with van der Waals surface area (Å²) in [6.45, 7) is 2.19. The van der Waals surface area contributed by atoms with Crippen LogP contribution < -0.4 is 0 Å². The van der Waals surface area contributed by atoms with Crippen LogP contribution >= 0.6 is 0 Å². The van der Waals surface area contributed by atoms with Gasteiger partial charge in [0.25, 0.3) is 0 Å². The molecule has 0 aliphatic heterocycles. The second-order valence-electron chi connectivity index (χ2n) is 2.92. The maximum absolute atomic E-state index is 9.82. The molecule has 1 aromatic carbocycles. The quantitative estimate of drug-likeness (QED) is 0.668. The molecule has 0 fully saturated rings. The van der Waals surface area contributed by atoms with Crippen molar-refractivity contribution in [1.82, 2.24) is 0 Å². The fraction of sp³-hybridized carbons (Fsp3) is 0.182. The Labute approximate surface area is 96.1 Å². The first-order valence-corrected chi connectivity index (χ1v) is 7.14. The Hall–Kier alpha value is -0.310. The van der Waals surface area contributed by atoms with Gasteiger partial charge in [-0.25, -0.2) is 0 Å². The minimum absolute atomic E-state index is 1.13. The third-order valence-corrected chi connectivity index (χ3v) is 2.09. The Bertz CT molecular complexity index is 321. The van der Waals surface area contributed by atoms with Gasteiger partial charge < -0.3 is 0 Å². The van der Waals surface area contributed by atoms with Crippen molar-refractivity contribution < 1.29 is 29.4 Å². The summed E-state index contributed by atoms with van der Waals surface area (Å²) in [4.78, 5) is 0. The summed E-state index contributed by atoms with van der Waals surface area (Å²) < 4.78 is 19.6. The van der Waals surface area contributed by atoms with Gasteiger partial charge in [-0.1, -0.05) is 42.8 Å². The van der Waals surface area contributed by atoms with Crippen LogP contribution in [-0.2, 0) is 24.1 Å². The van der Waals surface area contributed by atoms with Crippen LogP contribution in [0.15, 0.2) is 29.8 Å². The van der Waals surface area contributed by atoms with Crippen molar-refractivity contribution in [3.05, 3.63) is 47.4 Å². The molecule has 3 heteroatoms. The van der Waals surface area contributed by atoms with Gasteiger partial charge in [-0.05, 0) is 17.5 Å². The second-order valence-corrected chi connectivity index (χ2v) is 3.43. The molecule has 2 rings (SSSR count). The average molecular weight is 360 g/mol. The number of hydrogen-bond donors (Lipinski definition) is 0. The molecule has 0 bridgehead atoms. The van der Waals surface area contributed by atoms with Gasteiger partial charge in [0.2, 0.25) is 0 Å². The molecule has 0 aromatic heterocycles. The molecule has 0 N–H and O–H groups in total. The fourth-order valence-electron chi connectivity index (χ4n) is 1.42. The number of halogens is 2. The van der Waals surface area contributed by atoms with E-state index in [1.807, 2.05) is 0 Å². The summed E-state index contributed by atoms with van der Waals surface area (Å²) in [7, 11) is 0. The molecule has 0 spiro atoms. The van der Waals surface area contributed by atoms with Crippen molar-refractivity contribution in [1.29, 1.82) is 0 Å². The van der Waals surface area contributed by atoms with E-state index in [1.165, 1.54) is 16.7 Å². The number of allylic oxidation sites excluding steroid dienone is 1. The standard InChI is InChI=1S/C11H11.2FH.Hf/c1-2-9-7-10-5-3-4-6-11(10)8-9;;;/h3-8H,2H2,1H3;2*1H;/q;;;+2/p-2. The van der Waals surface area contributed by atoms with Crippen LogP contribution in [0.5, 0.6) is 0 Å². The van der Waals surface area contributed by atoms with Crippen LogP contribution in [0.25, 0.3) is 6.08 Å². The van der Waals surface area contributed by atoms with Crippen molar-refractivity contribution in [2.75, 3.05) is 0 Å². The molecule has 1 radical (unpaired) electrons. The van der Waals surface area contributed by atoms with Gasteiger partial charge >= 0.3 is 29.4 Å². The van der Waals surface area contributed by atoms with E-state index in [4.69, 9.17) is 0 Å². The number of benzene rings is 1. The molecule has 0 amide bonds. The monoisotopic (exact) mass is 361 g/mol. The molecular formula is C11H11F2Hf. The van der Waals surface area contributed by atoms with E-state index < -0.39 is 24.1 Å². The van der Waals surface area contributed by atoms with Crippen LogP contribution in [-0.4, -0.2) is 0 Å². The van der Waals surface area contributed by atoms with Crippen LogP contribution in [0.4, 0.5) is 5.33 Å². The predicted octanol–water partition coefficient (Wildman–Crippen LogP) is 3.88. The van der Waals surface area contributed by atoms with Crippen LogP contribution in [0.1, 0.15) is 24.5 Å². The van der Waals surface area contributed by atoms with E-state index in [9.17, 15) is 5.33 Å². The van der Waals surface area contributed by atoms with Crippen LogP contribution in [0.3, 0.4) is 0 Å². The van der Waals surface area contributed by atoms with E-state index in [-0.39, 0.29) is 0 Å². The van der Waals surface area contributed by atoms with E-state index in [0.29, 0.717) is 0 Å². The summed E-state index contributed by atoms with van der Waals surface area (Å²) in [5, 5.41) is 0. The van der Waals surface area contributed by atoms with Gasteiger partial charge in [0.05, 0.1) is 0 Å². The first kappa shape index (κ1) is 11.8. The average Bonchev–Trinajstić information content (AvgIpc) is 2.61. The van der Waals surface area contributed by atoms with Gasteiger partial charge in [0.1, 0.15) is 0 Å². The van der Waals surface area contributed by atoms with Crippen molar-refractivity contribution in [2.24, 2.45) is 0 Å². The molecule has 0 saturated carbocycles. The molecule has 14 heavy (non-hydrogen) atoms. The summed E-state index contributed by atoms with van der Waals surface area (Å²) >= 11 is -2.92. The maximum atomic E-state index is 9.82. The normalized spacial score (nSPS) is 12.4. The zero-order chi connectivity index (χ0) is 10.4. The van der Waals surface area contributed by atoms with Crippen molar-refractivity contribution in [3.8, 4) is 0 Å². The molecule has 1 aliphatic carbocycles. The van der Waals surface area contributed by atoms with Crippen LogP contribution in [0, 0.1) is 6.42 Å². The van der Waals surface area contributed by atoms with Crippen LogP contribution in [0.2, 0.25) is 0 Å². The molecule has 1 aliphatic rings. The first-order valence-electron chi connectivity index (χ1n) is 4.42. The van der Waals surface area contributed by atoms with E-state index in [2.05, 4.69) is 43.7 Å². The van der Waals surface area contributed by atoms with Gasteiger partial charge in [-0.15, -0.1) is 0 Å². The Morgan fingerprint density at radius 2 is 1.71 bits per heavy atom. The first-order chi connectivity index (χ1) is 6.81. The zero-order valence-electron chi connectivity index (χ0n) is 7.93. The number of rotatable bonds is 1. The zero-order valence-corrected chi connectivity index (χ0v) is 11.5. The predicted molar refractivity (Wildman–Crippen MR) is 50.3 cm³/mol. The number of fused-ring (bicyclic) bond motifs is 1. The van der Waals surface area contributed by atoms with E-state index >= 15 is 0 Å².